The molecular formula is C12H15NO. The molecule has 0 unspecified atom stereocenters. The van der Waals surface area contributed by atoms with Crippen LogP contribution in [-0.2, 0) is 12.8 Å². The molecular weight excluding hydrogens is 174 g/mol. The number of benzene rings is 1. The summed E-state index contributed by atoms with van der Waals surface area (Å²) in [5.41, 5.74) is 3.82. The van der Waals surface area contributed by atoms with Gasteiger partial charge in [-0.3, -0.25) is 0 Å². The minimum Gasteiger partial charge on any atom is -0.411 e. The summed E-state index contributed by atoms with van der Waals surface area (Å²) in [7, 11) is 0. The summed E-state index contributed by atoms with van der Waals surface area (Å²) in [6.45, 7) is 0. The Morgan fingerprint density at radius 1 is 0.929 bits per heavy atom. The van der Waals surface area contributed by atoms with Crippen molar-refractivity contribution in [3.63, 3.8) is 0 Å². The van der Waals surface area contributed by atoms with Crippen molar-refractivity contribution in [1.82, 2.24) is 0 Å². The lowest BCUT2D eigenvalue weighted by atomic mass is 9.93. The van der Waals surface area contributed by atoms with Gasteiger partial charge in [0, 0.05) is 0 Å². The van der Waals surface area contributed by atoms with Crippen LogP contribution >= 0.6 is 0 Å². The summed E-state index contributed by atoms with van der Waals surface area (Å²) in [5.74, 6) is 0. The van der Waals surface area contributed by atoms with Crippen LogP contribution in [0.5, 0.6) is 0 Å². The van der Waals surface area contributed by atoms with Crippen molar-refractivity contribution >= 4 is 5.71 Å². The summed E-state index contributed by atoms with van der Waals surface area (Å²) in [6, 6.07) is 8.56. The number of oxime groups is 1. The molecule has 0 spiro atoms. The average molecular weight is 189 g/mol. The summed E-state index contributed by atoms with van der Waals surface area (Å²) in [6.07, 6.45) is 5.04. The Morgan fingerprint density at radius 3 is 2.36 bits per heavy atom. The quantitative estimate of drug-likeness (QED) is 0.494. The van der Waals surface area contributed by atoms with Crippen LogP contribution in [0.25, 0.3) is 0 Å². The molecule has 74 valence electrons. The number of aryl methyl sites for hydroxylation is 2. The van der Waals surface area contributed by atoms with E-state index in [-0.39, 0.29) is 0 Å². The van der Waals surface area contributed by atoms with E-state index in [4.69, 9.17) is 5.21 Å². The van der Waals surface area contributed by atoms with Gasteiger partial charge in [-0.25, -0.2) is 0 Å². The highest BCUT2D eigenvalue weighted by Crippen LogP contribution is 2.18. The van der Waals surface area contributed by atoms with Crippen LogP contribution in [0, 0.1) is 0 Å². The molecule has 2 nitrogen and oxygen atoms in total. The molecule has 0 saturated heterocycles. The highest BCUT2D eigenvalue weighted by atomic mass is 16.4. The Hall–Kier alpha value is -1.31. The molecule has 0 atom stereocenters. The first-order valence-corrected chi connectivity index (χ1v) is 5.17. The number of fused-ring (bicyclic) bond motifs is 1. The third-order valence-corrected chi connectivity index (χ3v) is 2.85. The molecule has 0 saturated carbocycles. The maximum Gasteiger partial charge on any atom is 0.0574 e. The summed E-state index contributed by atoms with van der Waals surface area (Å²) >= 11 is 0. The lowest BCUT2D eigenvalue weighted by Gasteiger charge is -2.13. The van der Waals surface area contributed by atoms with Crippen LogP contribution in [-0.4, -0.2) is 10.9 Å². The molecule has 2 heteroatoms. The fourth-order valence-electron chi connectivity index (χ4n) is 2.03. The topological polar surface area (TPSA) is 32.6 Å². The van der Waals surface area contributed by atoms with Crippen LogP contribution in [0.4, 0.5) is 0 Å². The van der Waals surface area contributed by atoms with Crippen LogP contribution < -0.4 is 0 Å². The third kappa shape index (κ3) is 1.95. The Balaban J connectivity index is 2.21. The van der Waals surface area contributed by atoms with E-state index in [1.54, 1.807) is 0 Å². The van der Waals surface area contributed by atoms with Gasteiger partial charge < -0.3 is 5.21 Å². The van der Waals surface area contributed by atoms with Crippen molar-refractivity contribution in [3.05, 3.63) is 35.4 Å². The monoisotopic (exact) mass is 189 g/mol. The maximum atomic E-state index is 8.74. The standard InChI is InChI=1S/C12H15NO/c14-13-12-7-3-6-10-4-1-2-5-11(10)8-9-12/h1-2,4-5,14H,3,6-9H2/b13-12+. The normalized spacial score (nSPS) is 19.9. The Labute approximate surface area is 84.3 Å². The van der Waals surface area contributed by atoms with E-state index in [1.807, 2.05) is 0 Å². The third-order valence-electron chi connectivity index (χ3n) is 2.85. The van der Waals surface area contributed by atoms with Gasteiger partial charge in [0.05, 0.1) is 5.71 Å². The molecule has 0 heterocycles. The first-order valence-electron chi connectivity index (χ1n) is 5.17. The van der Waals surface area contributed by atoms with Gasteiger partial charge in [0.15, 0.2) is 0 Å². The molecule has 0 fully saturated rings. The van der Waals surface area contributed by atoms with Crippen molar-refractivity contribution in [2.24, 2.45) is 5.16 Å². The van der Waals surface area contributed by atoms with Gasteiger partial charge in [-0.1, -0.05) is 29.4 Å². The molecule has 0 aromatic heterocycles. The van der Waals surface area contributed by atoms with Crippen LogP contribution in [0.3, 0.4) is 0 Å². The van der Waals surface area contributed by atoms with Crippen molar-refractivity contribution in [2.45, 2.75) is 32.1 Å². The molecule has 0 bridgehead atoms. The molecule has 0 radical (unpaired) electrons. The van der Waals surface area contributed by atoms with Gasteiger partial charge in [0.2, 0.25) is 0 Å². The van der Waals surface area contributed by atoms with Gasteiger partial charge in [0.1, 0.15) is 0 Å². The molecule has 1 aromatic carbocycles. The highest BCUT2D eigenvalue weighted by Gasteiger charge is 2.09. The zero-order valence-corrected chi connectivity index (χ0v) is 8.24. The average Bonchev–Trinajstić information content (AvgIpc) is 2.19. The lowest BCUT2D eigenvalue weighted by Crippen LogP contribution is -2.07. The van der Waals surface area contributed by atoms with E-state index in [0.29, 0.717) is 0 Å². The van der Waals surface area contributed by atoms with Gasteiger partial charge >= 0.3 is 0 Å². The van der Waals surface area contributed by atoms with E-state index < -0.39 is 0 Å². The summed E-state index contributed by atoms with van der Waals surface area (Å²) < 4.78 is 0. The number of nitrogens with zero attached hydrogens (tertiary/aromatic N) is 1. The van der Waals surface area contributed by atoms with E-state index in [0.717, 1.165) is 37.8 Å². The summed E-state index contributed by atoms with van der Waals surface area (Å²) in [4.78, 5) is 0. The predicted molar refractivity (Wildman–Crippen MR) is 56.9 cm³/mol. The fourth-order valence-corrected chi connectivity index (χ4v) is 2.03. The van der Waals surface area contributed by atoms with Crippen molar-refractivity contribution < 1.29 is 5.21 Å². The fraction of sp³-hybridized carbons (Fsp3) is 0.417. The van der Waals surface area contributed by atoms with E-state index in [1.165, 1.54) is 11.1 Å². The first kappa shape index (κ1) is 9.25. The molecule has 1 aliphatic carbocycles. The largest absolute Gasteiger partial charge is 0.411 e. The molecule has 1 N–H and O–H groups in total. The number of rotatable bonds is 0. The molecule has 1 aromatic rings. The molecule has 2 rings (SSSR count). The zero-order chi connectivity index (χ0) is 9.80. The van der Waals surface area contributed by atoms with Gasteiger partial charge in [-0.2, -0.15) is 0 Å². The van der Waals surface area contributed by atoms with Gasteiger partial charge in [-0.05, 0) is 43.2 Å². The molecule has 14 heavy (non-hydrogen) atoms. The molecule has 1 aliphatic rings. The zero-order valence-electron chi connectivity index (χ0n) is 8.24. The van der Waals surface area contributed by atoms with E-state index >= 15 is 0 Å². The SMILES string of the molecule is O/N=C1\CCCc2ccccc2CC1. The van der Waals surface area contributed by atoms with Gasteiger partial charge in [-0.15, -0.1) is 0 Å². The van der Waals surface area contributed by atoms with Gasteiger partial charge in [0.25, 0.3) is 0 Å². The van der Waals surface area contributed by atoms with Crippen LogP contribution in [0.1, 0.15) is 30.4 Å². The van der Waals surface area contributed by atoms with Crippen molar-refractivity contribution in [1.29, 1.82) is 0 Å². The van der Waals surface area contributed by atoms with E-state index in [2.05, 4.69) is 29.4 Å². The Morgan fingerprint density at radius 2 is 1.64 bits per heavy atom. The Kier molecular flexibility index (Phi) is 2.82. The minimum atomic E-state index is 0.896. The highest BCUT2D eigenvalue weighted by molar-refractivity contribution is 5.84. The summed E-state index contributed by atoms with van der Waals surface area (Å²) in [5, 5.41) is 12.1. The van der Waals surface area contributed by atoms with E-state index in [9.17, 15) is 0 Å². The minimum absolute atomic E-state index is 0.896. The lowest BCUT2D eigenvalue weighted by molar-refractivity contribution is 0.315. The second-order valence-electron chi connectivity index (χ2n) is 3.79. The maximum absolute atomic E-state index is 8.74. The van der Waals surface area contributed by atoms with Crippen molar-refractivity contribution in [2.75, 3.05) is 0 Å². The molecule has 0 amide bonds. The number of hydrogen-bond donors (Lipinski definition) is 1. The second-order valence-corrected chi connectivity index (χ2v) is 3.79. The first-order chi connectivity index (χ1) is 6.90. The van der Waals surface area contributed by atoms with Crippen LogP contribution in [0.2, 0.25) is 0 Å². The van der Waals surface area contributed by atoms with Crippen LogP contribution in [0.15, 0.2) is 29.4 Å². The number of hydrogen-bond acceptors (Lipinski definition) is 2. The Bertz CT molecular complexity index is 344. The smallest absolute Gasteiger partial charge is 0.0574 e. The van der Waals surface area contributed by atoms with Crippen molar-refractivity contribution in [3.8, 4) is 0 Å². The molecule has 0 aliphatic heterocycles. The second kappa shape index (κ2) is 4.27. The predicted octanol–water partition coefficient (Wildman–Crippen LogP) is 2.79.